The van der Waals surface area contributed by atoms with Crippen LogP contribution in [0.1, 0.15) is 52.4 Å². The van der Waals surface area contributed by atoms with E-state index in [1.807, 2.05) is 0 Å². The van der Waals surface area contributed by atoms with Gasteiger partial charge in [-0.25, -0.2) is 0 Å². The fourth-order valence-corrected chi connectivity index (χ4v) is 3.33. The van der Waals surface area contributed by atoms with Gasteiger partial charge in [-0.2, -0.15) is 0 Å². The lowest BCUT2D eigenvalue weighted by Crippen LogP contribution is -2.40. The zero-order valence-electron chi connectivity index (χ0n) is 11.0. The highest BCUT2D eigenvalue weighted by molar-refractivity contribution is 7.84. The predicted octanol–water partition coefficient (Wildman–Crippen LogP) is 2.70. The van der Waals surface area contributed by atoms with E-state index in [4.69, 9.17) is 0 Å². The molecule has 2 nitrogen and oxygen atoms in total. The van der Waals surface area contributed by atoms with Crippen LogP contribution in [0.5, 0.6) is 0 Å². The van der Waals surface area contributed by atoms with E-state index < -0.39 is 10.8 Å². The quantitative estimate of drug-likeness (QED) is 0.779. The Morgan fingerprint density at radius 2 is 1.88 bits per heavy atom. The molecular formula is C13H27NOS. The second-order valence-corrected chi connectivity index (χ2v) is 6.88. The Balaban J connectivity index is 2.21. The van der Waals surface area contributed by atoms with Crippen LogP contribution < -0.4 is 5.32 Å². The van der Waals surface area contributed by atoms with Crippen molar-refractivity contribution in [1.82, 2.24) is 5.32 Å². The molecule has 0 heterocycles. The van der Waals surface area contributed by atoms with E-state index in [-0.39, 0.29) is 0 Å². The van der Waals surface area contributed by atoms with Crippen molar-refractivity contribution in [2.24, 2.45) is 5.92 Å². The molecule has 0 spiro atoms. The zero-order valence-corrected chi connectivity index (χ0v) is 11.8. The van der Waals surface area contributed by atoms with Crippen LogP contribution in [0.4, 0.5) is 0 Å². The van der Waals surface area contributed by atoms with Crippen molar-refractivity contribution >= 4 is 10.8 Å². The van der Waals surface area contributed by atoms with Gasteiger partial charge in [0.2, 0.25) is 0 Å². The molecule has 0 aromatic rings. The Morgan fingerprint density at radius 3 is 2.44 bits per heavy atom. The van der Waals surface area contributed by atoms with E-state index in [0.717, 1.165) is 18.1 Å². The van der Waals surface area contributed by atoms with Crippen molar-refractivity contribution < 1.29 is 4.21 Å². The Labute approximate surface area is 103 Å². The minimum absolute atomic E-state index is 0.501. The second kappa shape index (κ2) is 7.44. The summed E-state index contributed by atoms with van der Waals surface area (Å²) in [5.41, 5.74) is 0. The molecule has 3 unspecified atom stereocenters. The fourth-order valence-electron chi connectivity index (χ4n) is 2.65. The molecule has 0 aromatic carbocycles. The molecule has 1 saturated carbocycles. The molecule has 1 aliphatic carbocycles. The maximum absolute atomic E-state index is 11.0. The van der Waals surface area contributed by atoms with Crippen molar-refractivity contribution in [1.29, 1.82) is 0 Å². The van der Waals surface area contributed by atoms with Gasteiger partial charge in [-0.1, -0.05) is 19.3 Å². The highest BCUT2D eigenvalue weighted by atomic mass is 32.2. The summed E-state index contributed by atoms with van der Waals surface area (Å²) in [5, 5.41) is 3.67. The predicted molar refractivity (Wildman–Crippen MR) is 72.2 cm³/mol. The molecule has 1 aliphatic rings. The number of nitrogens with one attached hydrogen (secondary N) is 1. The third-order valence-electron chi connectivity index (χ3n) is 3.74. The summed E-state index contributed by atoms with van der Waals surface area (Å²) in [6, 6.07) is 1.13. The smallest absolute Gasteiger partial charge is 0.0246 e. The largest absolute Gasteiger partial charge is 0.311 e. The van der Waals surface area contributed by atoms with E-state index in [9.17, 15) is 4.21 Å². The van der Waals surface area contributed by atoms with Crippen molar-refractivity contribution in [3.8, 4) is 0 Å². The van der Waals surface area contributed by atoms with Gasteiger partial charge < -0.3 is 5.32 Å². The van der Waals surface area contributed by atoms with E-state index >= 15 is 0 Å². The van der Waals surface area contributed by atoms with E-state index in [2.05, 4.69) is 19.2 Å². The molecule has 16 heavy (non-hydrogen) atoms. The lowest BCUT2D eigenvalue weighted by molar-refractivity contribution is 0.266. The van der Waals surface area contributed by atoms with E-state index in [1.54, 1.807) is 6.26 Å². The van der Waals surface area contributed by atoms with Crippen LogP contribution in [0.3, 0.4) is 0 Å². The molecule has 0 radical (unpaired) electrons. The first-order valence-electron chi connectivity index (χ1n) is 6.65. The van der Waals surface area contributed by atoms with Crippen LogP contribution in [0, 0.1) is 5.92 Å². The molecule has 3 heteroatoms. The molecule has 0 bridgehead atoms. The monoisotopic (exact) mass is 245 g/mol. The topological polar surface area (TPSA) is 29.1 Å². The van der Waals surface area contributed by atoms with Crippen LogP contribution in [0.25, 0.3) is 0 Å². The lowest BCUT2D eigenvalue weighted by Gasteiger charge is -2.30. The first-order chi connectivity index (χ1) is 7.59. The summed E-state index contributed by atoms with van der Waals surface area (Å²) in [6.45, 7) is 4.53. The number of hydrogen-bond acceptors (Lipinski definition) is 2. The van der Waals surface area contributed by atoms with Crippen LogP contribution in [-0.2, 0) is 10.8 Å². The van der Waals surface area contributed by atoms with Gasteiger partial charge in [0.05, 0.1) is 0 Å². The summed E-state index contributed by atoms with van der Waals surface area (Å²) in [5.74, 6) is 1.69. The van der Waals surface area contributed by atoms with Gasteiger partial charge in [0.15, 0.2) is 0 Å². The summed E-state index contributed by atoms with van der Waals surface area (Å²) in [6.07, 6.45) is 9.83. The summed E-state index contributed by atoms with van der Waals surface area (Å²) in [7, 11) is -0.646. The van der Waals surface area contributed by atoms with Crippen molar-refractivity contribution in [3.63, 3.8) is 0 Å². The zero-order chi connectivity index (χ0) is 12.0. The Bertz CT molecular complexity index is 214. The maximum Gasteiger partial charge on any atom is 0.0246 e. The van der Waals surface area contributed by atoms with Crippen molar-refractivity contribution in [2.45, 2.75) is 64.5 Å². The van der Waals surface area contributed by atoms with Crippen LogP contribution in [0.15, 0.2) is 0 Å². The molecule has 1 N–H and O–H groups in total. The summed E-state index contributed by atoms with van der Waals surface area (Å²) in [4.78, 5) is 0. The number of rotatable bonds is 6. The Hall–Kier alpha value is 0.110. The molecule has 0 aliphatic heterocycles. The average molecular weight is 245 g/mol. The minimum Gasteiger partial charge on any atom is -0.311 e. The third kappa shape index (κ3) is 5.44. The first-order valence-corrected chi connectivity index (χ1v) is 8.38. The normalized spacial score (nSPS) is 23.9. The standard InChI is InChI=1S/C13H27NOS/c1-11(9-10-16(3)15)14-12(2)13-7-5-4-6-8-13/h11-14H,4-10H2,1-3H3. The molecule has 1 fully saturated rings. The highest BCUT2D eigenvalue weighted by Gasteiger charge is 2.20. The average Bonchev–Trinajstić information content (AvgIpc) is 2.27. The Morgan fingerprint density at radius 1 is 1.25 bits per heavy atom. The van der Waals surface area contributed by atoms with Crippen LogP contribution >= 0.6 is 0 Å². The molecule has 0 amide bonds. The van der Waals surface area contributed by atoms with Gasteiger partial charge >= 0.3 is 0 Å². The molecule has 3 atom stereocenters. The van der Waals surface area contributed by atoms with Gasteiger partial charge in [0.1, 0.15) is 0 Å². The molecule has 1 rings (SSSR count). The van der Waals surface area contributed by atoms with Crippen molar-refractivity contribution in [3.05, 3.63) is 0 Å². The number of hydrogen-bond donors (Lipinski definition) is 1. The molecular weight excluding hydrogens is 218 g/mol. The minimum atomic E-state index is -0.646. The summed E-state index contributed by atoms with van der Waals surface area (Å²) >= 11 is 0. The van der Waals surface area contributed by atoms with Gasteiger partial charge in [0.25, 0.3) is 0 Å². The van der Waals surface area contributed by atoms with Gasteiger partial charge in [-0.05, 0) is 39.0 Å². The van der Waals surface area contributed by atoms with E-state index in [0.29, 0.717) is 12.1 Å². The van der Waals surface area contributed by atoms with Crippen LogP contribution in [-0.4, -0.2) is 28.3 Å². The molecule has 0 aromatic heterocycles. The third-order valence-corrected chi connectivity index (χ3v) is 4.55. The second-order valence-electron chi connectivity index (χ2n) is 5.32. The van der Waals surface area contributed by atoms with E-state index in [1.165, 1.54) is 32.1 Å². The molecule has 96 valence electrons. The lowest BCUT2D eigenvalue weighted by atomic mass is 9.84. The van der Waals surface area contributed by atoms with Crippen molar-refractivity contribution in [2.75, 3.05) is 12.0 Å². The maximum atomic E-state index is 11.0. The Kier molecular flexibility index (Phi) is 6.59. The van der Waals surface area contributed by atoms with Gasteiger partial charge in [-0.15, -0.1) is 0 Å². The SMILES string of the molecule is CC(CCS(C)=O)NC(C)C1CCCCC1. The van der Waals surface area contributed by atoms with Gasteiger partial charge in [0, 0.05) is 34.9 Å². The highest BCUT2D eigenvalue weighted by Crippen LogP contribution is 2.26. The van der Waals surface area contributed by atoms with Gasteiger partial charge in [-0.3, -0.25) is 4.21 Å². The summed E-state index contributed by atoms with van der Waals surface area (Å²) < 4.78 is 11.0. The fraction of sp³-hybridized carbons (Fsp3) is 1.00. The first kappa shape index (κ1) is 14.2. The van der Waals surface area contributed by atoms with Crippen LogP contribution in [0.2, 0.25) is 0 Å². The molecule has 0 saturated heterocycles.